The maximum Gasteiger partial charge on any atom is 0.311 e. The number of nitro groups is 1. The molecule has 0 aromatic carbocycles. The largest absolute Gasteiger partial charge is 0.469 e. The molecule has 8 heteroatoms. The fraction of sp³-hybridized carbons (Fsp3) is 0.500. The van der Waals surface area contributed by atoms with E-state index in [-0.39, 0.29) is 23.6 Å². The number of hydrogen-bond acceptors (Lipinski definition) is 6. The molecule has 0 aliphatic heterocycles. The first-order valence-corrected chi connectivity index (χ1v) is 6.94. The van der Waals surface area contributed by atoms with E-state index in [1.54, 1.807) is 0 Å². The highest BCUT2D eigenvalue weighted by Gasteiger charge is 2.32. The number of aromatic nitrogens is 1. The number of methoxy groups -OCH3 is 1. The minimum Gasteiger partial charge on any atom is -0.469 e. The quantitative estimate of drug-likeness (QED) is 0.512. The summed E-state index contributed by atoms with van der Waals surface area (Å²) in [4.78, 5) is 25.8. The van der Waals surface area contributed by atoms with Gasteiger partial charge in [-0.15, -0.1) is 0 Å². The van der Waals surface area contributed by atoms with Gasteiger partial charge in [-0.25, -0.2) is 0 Å². The van der Waals surface area contributed by atoms with Crippen LogP contribution >= 0.6 is 15.9 Å². The van der Waals surface area contributed by atoms with Crippen molar-refractivity contribution in [1.82, 2.24) is 4.98 Å². The third kappa shape index (κ3) is 3.06. The monoisotopic (exact) mass is 343 g/mol. The molecule has 1 heterocycles. The van der Waals surface area contributed by atoms with E-state index in [0.717, 1.165) is 12.8 Å². The van der Waals surface area contributed by atoms with Crippen LogP contribution in [0.3, 0.4) is 0 Å². The zero-order valence-corrected chi connectivity index (χ0v) is 12.4. The average molecular weight is 344 g/mol. The highest BCUT2D eigenvalue weighted by Crippen LogP contribution is 2.35. The fourth-order valence-corrected chi connectivity index (χ4v) is 2.84. The molecule has 20 heavy (non-hydrogen) atoms. The van der Waals surface area contributed by atoms with Crippen molar-refractivity contribution in [1.29, 1.82) is 0 Å². The van der Waals surface area contributed by atoms with E-state index >= 15 is 0 Å². The van der Waals surface area contributed by atoms with Crippen LogP contribution in [0.5, 0.6) is 0 Å². The Balaban J connectivity index is 2.12. The number of pyridine rings is 1. The molecule has 1 saturated carbocycles. The van der Waals surface area contributed by atoms with E-state index in [0.29, 0.717) is 16.6 Å². The molecule has 1 aromatic rings. The first-order valence-electron chi connectivity index (χ1n) is 6.15. The molecule has 0 unspecified atom stereocenters. The lowest BCUT2D eigenvalue weighted by Crippen LogP contribution is -2.19. The van der Waals surface area contributed by atoms with Crippen LogP contribution in [0.25, 0.3) is 0 Å². The van der Waals surface area contributed by atoms with E-state index in [2.05, 4.69) is 26.2 Å². The zero-order chi connectivity index (χ0) is 14.7. The van der Waals surface area contributed by atoms with E-state index in [4.69, 9.17) is 4.74 Å². The van der Waals surface area contributed by atoms with Crippen LogP contribution in [0.2, 0.25) is 0 Å². The van der Waals surface area contributed by atoms with Crippen molar-refractivity contribution >= 4 is 33.3 Å². The standard InChI is InChI=1S/C12H14BrN3O4/c1-20-12(17)7-2-3-8(4-7)15-11-9(13)5-14-6-10(11)16(18)19/h5-8H,2-4H2,1H3,(H,14,15)/t7-,8+/m0/s1. The molecule has 1 aromatic heterocycles. The summed E-state index contributed by atoms with van der Waals surface area (Å²) in [6.45, 7) is 0. The van der Waals surface area contributed by atoms with Crippen LogP contribution in [-0.2, 0) is 9.53 Å². The van der Waals surface area contributed by atoms with Gasteiger partial charge in [-0.3, -0.25) is 19.9 Å². The Hall–Kier alpha value is -1.70. The Bertz CT molecular complexity index is 537. The lowest BCUT2D eigenvalue weighted by Gasteiger charge is -2.15. The first kappa shape index (κ1) is 14.7. The van der Waals surface area contributed by atoms with Crippen LogP contribution in [0, 0.1) is 16.0 Å². The smallest absolute Gasteiger partial charge is 0.311 e. The second kappa shape index (κ2) is 6.17. The molecule has 7 nitrogen and oxygen atoms in total. The molecule has 2 rings (SSSR count). The summed E-state index contributed by atoms with van der Waals surface area (Å²) in [5, 5.41) is 14.1. The van der Waals surface area contributed by atoms with Gasteiger partial charge >= 0.3 is 11.7 Å². The summed E-state index contributed by atoms with van der Waals surface area (Å²) in [5.41, 5.74) is 0.321. The van der Waals surface area contributed by atoms with Gasteiger partial charge in [-0.2, -0.15) is 0 Å². The second-order valence-electron chi connectivity index (χ2n) is 4.65. The lowest BCUT2D eigenvalue weighted by atomic mass is 10.1. The normalized spacial score (nSPS) is 21.5. The maximum atomic E-state index is 11.5. The third-order valence-corrected chi connectivity index (χ3v) is 3.99. The Morgan fingerprint density at radius 1 is 1.55 bits per heavy atom. The van der Waals surface area contributed by atoms with Crippen LogP contribution in [-0.4, -0.2) is 29.0 Å². The third-order valence-electron chi connectivity index (χ3n) is 3.39. The van der Waals surface area contributed by atoms with E-state index in [1.165, 1.54) is 19.5 Å². The van der Waals surface area contributed by atoms with Crippen molar-refractivity contribution in [2.24, 2.45) is 5.92 Å². The summed E-state index contributed by atoms with van der Waals surface area (Å²) in [5.74, 6) is -0.366. The number of esters is 1. The number of carbonyl (C=O) groups excluding carboxylic acids is 1. The number of hydrogen-bond donors (Lipinski definition) is 1. The number of nitrogens with one attached hydrogen (secondary N) is 1. The SMILES string of the molecule is COC(=O)[C@H]1CC[C@@H](Nc2c(Br)cncc2[N+](=O)[O-])C1. The Morgan fingerprint density at radius 3 is 2.95 bits per heavy atom. The van der Waals surface area contributed by atoms with Gasteiger partial charge in [-0.1, -0.05) is 0 Å². The van der Waals surface area contributed by atoms with Crippen molar-refractivity contribution in [3.05, 3.63) is 27.0 Å². The molecule has 1 fully saturated rings. The lowest BCUT2D eigenvalue weighted by molar-refractivity contribution is -0.384. The van der Waals surface area contributed by atoms with Crippen molar-refractivity contribution in [2.75, 3.05) is 12.4 Å². The second-order valence-corrected chi connectivity index (χ2v) is 5.50. The fourth-order valence-electron chi connectivity index (χ4n) is 2.40. The van der Waals surface area contributed by atoms with Gasteiger partial charge in [0.15, 0.2) is 0 Å². The van der Waals surface area contributed by atoms with E-state index in [9.17, 15) is 14.9 Å². The number of halogens is 1. The minimum atomic E-state index is -0.479. The molecule has 2 atom stereocenters. The topological polar surface area (TPSA) is 94.4 Å². The summed E-state index contributed by atoms with van der Waals surface area (Å²) in [6, 6.07) is 0.0106. The maximum absolute atomic E-state index is 11.5. The summed E-state index contributed by atoms with van der Waals surface area (Å²) < 4.78 is 5.26. The van der Waals surface area contributed by atoms with Crippen molar-refractivity contribution in [2.45, 2.75) is 25.3 Å². The average Bonchev–Trinajstić information content (AvgIpc) is 2.88. The first-order chi connectivity index (χ1) is 9.52. The number of nitrogens with zero attached hydrogens (tertiary/aromatic N) is 2. The van der Waals surface area contributed by atoms with Gasteiger partial charge < -0.3 is 10.1 Å². The Morgan fingerprint density at radius 2 is 2.30 bits per heavy atom. The number of rotatable bonds is 4. The van der Waals surface area contributed by atoms with Crippen LogP contribution < -0.4 is 5.32 Å². The molecule has 1 N–H and O–H groups in total. The molecule has 1 aliphatic carbocycles. The van der Waals surface area contributed by atoms with E-state index < -0.39 is 4.92 Å². The predicted octanol–water partition coefficient (Wildman–Crippen LogP) is 2.51. The number of carbonyl (C=O) groups is 1. The molecule has 1 aliphatic rings. The minimum absolute atomic E-state index is 0.0106. The molecule has 0 saturated heterocycles. The summed E-state index contributed by atoms with van der Waals surface area (Å²) in [6.07, 6.45) is 4.81. The van der Waals surface area contributed by atoms with Crippen molar-refractivity contribution in [3.8, 4) is 0 Å². The van der Waals surface area contributed by atoms with Gasteiger partial charge in [0, 0.05) is 12.2 Å². The highest BCUT2D eigenvalue weighted by atomic mass is 79.9. The molecule has 0 bridgehead atoms. The van der Waals surface area contributed by atoms with Crippen LogP contribution in [0.1, 0.15) is 19.3 Å². The molecular formula is C12H14BrN3O4. The van der Waals surface area contributed by atoms with Crippen LogP contribution in [0.15, 0.2) is 16.9 Å². The molecule has 0 radical (unpaired) electrons. The zero-order valence-electron chi connectivity index (χ0n) is 10.8. The molecule has 108 valence electrons. The van der Waals surface area contributed by atoms with Gasteiger partial charge in [0.05, 0.1) is 22.4 Å². The van der Waals surface area contributed by atoms with Gasteiger partial charge in [-0.05, 0) is 35.2 Å². The predicted molar refractivity (Wildman–Crippen MR) is 75.4 cm³/mol. The van der Waals surface area contributed by atoms with Crippen molar-refractivity contribution in [3.63, 3.8) is 0 Å². The summed E-state index contributed by atoms with van der Waals surface area (Å²) >= 11 is 3.26. The van der Waals surface area contributed by atoms with Gasteiger partial charge in [0.1, 0.15) is 11.9 Å². The Kier molecular flexibility index (Phi) is 4.53. The van der Waals surface area contributed by atoms with Crippen LogP contribution in [0.4, 0.5) is 11.4 Å². The molecular weight excluding hydrogens is 330 g/mol. The molecule has 0 spiro atoms. The highest BCUT2D eigenvalue weighted by molar-refractivity contribution is 9.10. The van der Waals surface area contributed by atoms with Gasteiger partial charge in [0.2, 0.25) is 0 Å². The van der Waals surface area contributed by atoms with E-state index in [1.807, 2.05) is 0 Å². The summed E-state index contributed by atoms with van der Waals surface area (Å²) in [7, 11) is 1.37. The van der Waals surface area contributed by atoms with Crippen molar-refractivity contribution < 1.29 is 14.5 Å². The number of ether oxygens (including phenoxy) is 1. The van der Waals surface area contributed by atoms with Gasteiger partial charge in [0.25, 0.3) is 0 Å². The molecule has 0 amide bonds. The number of anilines is 1. The Labute approximate surface area is 124 Å².